The highest BCUT2D eigenvalue weighted by Crippen LogP contribution is 2.56. The second kappa shape index (κ2) is 9.15. The topological polar surface area (TPSA) is 132 Å². The first kappa shape index (κ1) is 25.5. The Labute approximate surface area is 229 Å². The van der Waals surface area contributed by atoms with Crippen molar-refractivity contribution in [1.82, 2.24) is 0 Å². The van der Waals surface area contributed by atoms with Crippen LogP contribution in [0.25, 0.3) is 0 Å². The molecule has 3 N–H and O–H groups in total. The second-order valence-corrected chi connectivity index (χ2v) is 10.8. The summed E-state index contributed by atoms with van der Waals surface area (Å²) in [4.78, 5) is 55.2. The molecule has 3 aliphatic carbocycles. The van der Waals surface area contributed by atoms with Crippen LogP contribution in [0.2, 0.25) is 5.02 Å². The van der Waals surface area contributed by atoms with Gasteiger partial charge in [-0.2, -0.15) is 0 Å². The maximum Gasteiger partial charge on any atom is 0.488 e. The molecule has 6 rings (SSSR count). The van der Waals surface area contributed by atoms with E-state index in [0.29, 0.717) is 21.7 Å². The average molecular weight is 544 g/mol. The third kappa shape index (κ3) is 3.84. The monoisotopic (exact) mass is 543 g/mol. The van der Waals surface area contributed by atoms with E-state index in [1.807, 2.05) is 6.08 Å². The van der Waals surface area contributed by atoms with E-state index in [-0.39, 0.29) is 52.5 Å². The van der Waals surface area contributed by atoms with Crippen LogP contribution >= 0.6 is 11.6 Å². The van der Waals surface area contributed by atoms with Crippen LogP contribution in [0.4, 0.5) is 5.69 Å². The first-order valence-corrected chi connectivity index (χ1v) is 13.0. The molecule has 8 nitrogen and oxygen atoms in total. The fraction of sp³-hybridized carbons (Fsp3) is 0.241. The lowest BCUT2D eigenvalue weighted by atomic mass is 9.59. The molecule has 4 aliphatic rings. The number of nitrogens with zero attached hydrogens (tertiary/aromatic N) is 1. The minimum atomic E-state index is -1.77. The number of benzene rings is 2. The number of anilines is 1. The Kier molecular flexibility index (Phi) is 5.98. The molecule has 2 aromatic rings. The number of allylic oxidation sites excluding steroid dienone is 6. The van der Waals surface area contributed by atoms with Gasteiger partial charge in [0.1, 0.15) is 5.75 Å². The van der Waals surface area contributed by atoms with E-state index in [0.717, 1.165) is 4.90 Å². The largest absolute Gasteiger partial charge is 0.508 e. The van der Waals surface area contributed by atoms with E-state index < -0.39 is 42.6 Å². The maximum atomic E-state index is 13.9. The summed E-state index contributed by atoms with van der Waals surface area (Å²) >= 11 is 6.28. The highest BCUT2D eigenvalue weighted by atomic mass is 35.5. The van der Waals surface area contributed by atoms with Gasteiger partial charge in [0.05, 0.1) is 17.5 Å². The van der Waals surface area contributed by atoms with Crippen molar-refractivity contribution < 1.29 is 34.3 Å². The van der Waals surface area contributed by atoms with Crippen molar-refractivity contribution in [3.8, 4) is 5.75 Å². The van der Waals surface area contributed by atoms with Crippen LogP contribution in [-0.4, -0.2) is 45.7 Å². The number of amides is 2. The molecule has 4 atom stereocenters. The van der Waals surface area contributed by atoms with Crippen LogP contribution in [0.15, 0.2) is 76.9 Å². The van der Waals surface area contributed by atoms with Crippen molar-refractivity contribution in [2.45, 2.75) is 25.7 Å². The molecule has 196 valence electrons. The van der Waals surface area contributed by atoms with E-state index in [4.69, 9.17) is 11.6 Å². The zero-order valence-corrected chi connectivity index (χ0v) is 21.6. The van der Waals surface area contributed by atoms with Gasteiger partial charge in [0, 0.05) is 33.2 Å². The molecular formula is C29H23BClNO7. The molecule has 39 heavy (non-hydrogen) atoms. The normalized spacial score (nSPS) is 26.2. The molecule has 1 fully saturated rings. The Morgan fingerprint density at radius 3 is 2.51 bits per heavy atom. The van der Waals surface area contributed by atoms with Crippen LogP contribution in [-0.2, 0) is 19.2 Å². The molecule has 0 bridgehead atoms. The van der Waals surface area contributed by atoms with Crippen molar-refractivity contribution in [2.75, 3.05) is 4.90 Å². The number of phenolic OH excluding ortho intramolecular Hbond substituents is 1. The highest BCUT2D eigenvalue weighted by Gasteiger charge is 2.56. The van der Waals surface area contributed by atoms with Crippen LogP contribution in [0.1, 0.15) is 31.2 Å². The molecule has 1 aliphatic heterocycles. The minimum Gasteiger partial charge on any atom is -0.508 e. The van der Waals surface area contributed by atoms with Gasteiger partial charge in [-0.3, -0.25) is 24.1 Å². The van der Waals surface area contributed by atoms with Gasteiger partial charge in [-0.1, -0.05) is 35.4 Å². The summed E-state index contributed by atoms with van der Waals surface area (Å²) < 4.78 is 0. The van der Waals surface area contributed by atoms with E-state index >= 15 is 0 Å². The van der Waals surface area contributed by atoms with Crippen LogP contribution < -0.4 is 10.4 Å². The second-order valence-electron chi connectivity index (χ2n) is 10.4. The molecule has 2 aromatic carbocycles. The standard InChI is InChI=1S/C29H23BClNO7/c1-13-9-23(34)26-21(27(13)35)12-19-17(24(26)20-11-15(31)5-8-22(20)33)6-7-18-25(19)29(37)32(28(18)36)16-4-2-3-14(10-16)30(38)39/h2-6,8-11,18-19,24-25,33,38-39H,7,12H2,1H3/t18-,19+,24+,25-/m0/s1. The first-order chi connectivity index (χ1) is 18.6. The summed E-state index contributed by atoms with van der Waals surface area (Å²) in [6.07, 6.45) is 3.50. The minimum absolute atomic E-state index is 0.0960. The van der Waals surface area contributed by atoms with E-state index in [1.165, 1.54) is 36.4 Å². The van der Waals surface area contributed by atoms with Crippen molar-refractivity contribution in [3.63, 3.8) is 0 Å². The van der Waals surface area contributed by atoms with Crippen molar-refractivity contribution in [1.29, 1.82) is 0 Å². The summed E-state index contributed by atoms with van der Waals surface area (Å²) in [5, 5.41) is 30.4. The number of hydrogen-bond acceptors (Lipinski definition) is 7. The lowest BCUT2D eigenvalue weighted by Crippen LogP contribution is -2.40. The number of imide groups is 1. The van der Waals surface area contributed by atoms with E-state index in [2.05, 4.69) is 0 Å². The number of rotatable bonds is 3. The molecule has 2 amide bonds. The highest BCUT2D eigenvalue weighted by molar-refractivity contribution is 6.58. The quantitative estimate of drug-likeness (QED) is 0.234. The summed E-state index contributed by atoms with van der Waals surface area (Å²) in [6, 6.07) is 10.5. The molecule has 0 unspecified atom stereocenters. The lowest BCUT2D eigenvalue weighted by Gasteiger charge is -2.42. The number of Topliss-reactive ketones (excluding diaryl/α,β-unsaturated/α-hetero) is 1. The fourth-order valence-corrected chi connectivity index (χ4v) is 6.75. The zero-order valence-electron chi connectivity index (χ0n) is 20.8. The van der Waals surface area contributed by atoms with E-state index in [9.17, 15) is 34.3 Å². The third-order valence-electron chi connectivity index (χ3n) is 8.29. The van der Waals surface area contributed by atoms with E-state index in [1.54, 1.807) is 19.1 Å². The van der Waals surface area contributed by atoms with Gasteiger partial charge in [-0.05, 0) is 67.6 Å². The molecule has 1 saturated heterocycles. The molecule has 0 saturated carbocycles. The average Bonchev–Trinajstić information content (AvgIpc) is 3.17. The number of halogens is 1. The zero-order chi connectivity index (χ0) is 27.7. The van der Waals surface area contributed by atoms with Crippen LogP contribution in [0, 0.1) is 17.8 Å². The van der Waals surface area contributed by atoms with Crippen LogP contribution in [0.3, 0.4) is 0 Å². The predicted octanol–water partition coefficient (Wildman–Crippen LogP) is 2.36. The predicted molar refractivity (Wildman–Crippen MR) is 143 cm³/mol. The van der Waals surface area contributed by atoms with Gasteiger partial charge < -0.3 is 15.2 Å². The third-order valence-corrected chi connectivity index (χ3v) is 8.52. The molecule has 0 aromatic heterocycles. The van der Waals surface area contributed by atoms with Gasteiger partial charge in [-0.15, -0.1) is 0 Å². The van der Waals surface area contributed by atoms with Gasteiger partial charge in [0.15, 0.2) is 11.6 Å². The molecule has 1 heterocycles. The number of ketones is 2. The Balaban J connectivity index is 1.49. The summed E-state index contributed by atoms with van der Waals surface area (Å²) in [7, 11) is -1.77. The lowest BCUT2D eigenvalue weighted by molar-refractivity contribution is -0.123. The Bertz CT molecular complexity index is 1590. The first-order valence-electron chi connectivity index (χ1n) is 12.6. The Hall–Kier alpha value is -3.79. The number of fused-ring (bicyclic) bond motifs is 3. The summed E-state index contributed by atoms with van der Waals surface area (Å²) in [5.41, 5.74) is 2.27. The number of carbonyl (C=O) groups is 4. The van der Waals surface area contributed by atoms with Crippen molar-refractivity contribution >= 4 is 53.3 Å². The summed E-state index contributed by atoms with van der Waals surface area (Å²) in [5.74, 6) is -4.44. The SMILES string of the molecule is CC1=CC(=O)C2=C(C[C@@H]3C(=CC[C@@H]4C(=O)N(c5cccc(B(O)O)c5)C(=O)[C@@H]43)[C@@H]2c2cc(Cl)ccc2O)C1=O. The maximum absolute atomic E-state index is 13.9. The van der Waals surface area contributed by atoms with Gasteiger partial charge in [0.2, 0.25) is 11.8 Å². The summed E-state index contributed by atoms with van der Waals surface area (Å²) in [6.45, 7) is 1.57. The van der Waals surface area contributed by atoms with Crippen molar-refractivity contribution in [3.05, 3.63) is 87.5 Å². The number of phenols is 1. The number of hydrogen-bond donors (Lipinski definition) is 3. The van der Waals surface area contributed by atoms with Crippen LogP contribution in [0.5, 0.6) is 5.75 Å². The molecule has 0 radical (unpaired) electrons. The Morgan fingerprint density at radius 2 is 1.77 bits per heavy atom. The van der Waals surface area contributed by atoms with Gasteiger partial charge in [0.25, 0.3) is 0 Å². The molecule has 0 spiro atoms. The fourth-order valence-electron chi connectivity index (χ4n) is 6.57. The number of aromatic hydroxyl groups is 1. The molecular weight excluding hydrogens is 521 g/mol. The Morgan fingerprint density at radius 1 is 1.00 bits per heavy atom. The van der Waals surface area contributed by atoms with Gasteiger partial charge in [-0.25, -0.2) is 0 Å². The smallest absolute Gasteiger partial charge is 0.488 e. The number of carbonyl (C=O) groups excluding carboxylic acids is 4. The molecule has 10 heteroatoms. The van der Waals surface area contributed by atoms with Gasteiger partial charge >= 0.3 is 7.12 Å². The van der Waals surface area contributed by atoms with Crippen molar-refractivity contribution in [2.24, 2.45) is 17.8 Å².